The van der Waals surface area contributed by atoms with E-state index in [9.17, 15) is 29.4 Å². The Morgan fingerprint density at radius 1 is 0.940 bits per heavy atom. The van der Waals surface area contributed by atoms with Gasteiger partial charge in [-0.2, -0.15) is 0 Å². The van der Waals surface area contributed by atoms with E-state index in [0.29, 0.717) is 53.3 Å². The monoisotopic (exact) mass is 686 g/mol. The number of nitrogens with one attached hydrogen (secondary N) is 3. The molecule has 0 aliphatic carbocycles. The Bertz CT molecular complexity index is 2340. The van der Waals surface area contributed by atoms with Gasteiger partial charge in [-0.05, 0) is 71.5 Å². The van der Waals surface area contributed by atoms with Crippen LogP contribution in [-0.4, -0.2) is 50.5 Å². The van der Waals surface area contributed by atoms with Crippen LogP contribution in [0.3, 0.4) is 0 Å². The van der Waals surface area contributed by atoms with Crippen LogP contribution in [0.4, 0.5) is 5.69 Å². The number of aliphatic carboxylic acids is 1. The highest BCUT2D eigenvalue weighted by molar-refractivity contribution is 7.13. The van der Waals surface area contributed by atoms with Crippen molar-refractivity contribution in [3.63, 3.8) is 0 Å². The van der Waals surface area contributed by atoms with Gasteiger partial charge in [0.15, 0.2) is 5.69 Å². The summed E-state index contributed by atoms with van der Waals surface area (Å²) in [5.74, 6) is -2.86. The molecule has 250 valence electrons. The first-order chi connectivity index (χ1) is 24.2. The number of amides is 2. The number of pyridine rings is 1. The van der Waals surface area contributed by atoms with Crippen molar-refractivity contribution < 1.29 is 34.1 Å². The van der Waals surface area contributed by atoms with Crippen molar-refractivity contribution in [2.24, 2.45) is 0 Å². The molecule has 0 saturated carbocycles. The Balaban J connectivity index is 1.37. The van der Waals surface area contributed by atoms with E-state index in [1.807, 2.05) is 36.6 Å². The van der Waals surface area contributed by atoms with Crippen molar-refractivity contribution in [2.45, 2.75) is 26.4 Å². The van der Waals surface area contributed by atoms with Crippen molar-refractivity contribution >= 4 is 51.7 Å². The van der Waals surface area contributed by atoms with Crippen LogP contribution in [-0.2, 0) is 17.8 Å². The number of carbonyl (C=O) groups is 4. The lowest BCUT2D eigenvalue weighted by molar-refractivity contribution is -0.136. The highest BCUT2D eigenvalue weighted by atomic mass is 32.1. The number of rotatable bonds is 10. The predicted octanol–water partition coefficient (Wildman–Crippen LogP) is 7.24. The standard InChI is InChI=1S/C38H30N4O7S/c1-2-12-40-37(46)30-7-6-23(34(41-30)38(47)48)25-18-31-27(35-22(19-49-31)11-14-50-35)17-26(25)36(45)42-29-9-8-28-24(10-13-39-28)33(29)21-5-3-4-20(15-21)16-32(43)44/h3-11,13-15,17-18,39H,2,12,16,19H2,1H3,(H,40,46)(H,42,45)(H,43,44)(H,47,48). The van der Waals surface area contributed by atoms with Gasteiger partial charge < -0.3 is 30.6 Å². The Hall–Kier alpha value is -6.27. The number of thiophene rings is 1. The fourth-order valence-corrected chi connectivity index (χ4v) is 7.11. The van der Waals surface area contributed by atoms with E-state index in [4.69, 9.17) is 4.74 Å². The molecule has 0 unspecified atom stereocenters. The number of fused-ring (bicyclic) bond motifs is 4. The smallest absolute Gasteiger partial charge is 0.355 e. The minimum atomic E-state index is -1.36. The van der Waals surface area contributed by atoms with Gasteiger partial charge in [0, 0.05) is 67.6 Å². The van der Waals surface area contributed by atoms with Gasteiger partial charge in [-0.1, -0.05) is 31.2 Å². The molecule has 0 saturated heterocycles. The summed E-state index contributed by atoms with van der Waals surface area (Å²) < 4.78 is 6.08. The molecule has 0 fully saturated rings. The zero-order valence-electron chi connectivity index (χ0n) is 26.7. The molecule has 1 aliphatic rings. The molecule has 2 amide bonds. The predicted molar refractivity (Wildman–Crippen MR) is 190 cm³/mol. The first kappa shape index (κ1) is 32.3. The number of aromatic amines is 1. The first-order valence-electron chi connectivity index (χ1n) is 15.8. The molecule has 3 aromatic heterocycles. The maximum Gasteiger partial charge on any atom is 0.355 e. The van der Waals surface area contributed by atoms with Crippen LogP contribution in [0.5, 0.6) is 5.75 Å². The molecule has 3 aromatic carbocycles. The summed E-state index contributed by atoms with van der Waals surface area (Å²) in [6, 6.07) is 20.9. The molecular weight excluding hydrogens is 657 g/mol. The largest absolute Gasteiger partial charge is 0.488 e. The van der Waals surface area contributed by atoms with E-state index >= 15 is 0 Å². The molecule has 4 heterocycles. The van der Waals surface area contributed by atoms with E-state index in [-0.39, 0.29) is 34.5 Å². The number of benzene rings is 3. The average Bonchev–Trinajstić information content (AvgIpc) is 3.80. The summed E-state index contributed by atoms with van der Waals surface area (Å²) in [4.78, 5) is 59.7. The third kappa shape index (κ3) is 6.08. The van der Waals surface area contributed by atoms with Gasteiger partial charge in [-0.25, -0.2) is 9.78 Å². The molecule has 7 rings (SSSR count). The summed E-state index contributed by atoms with van der Waals surface area (Å²) in [7, 11) is 0. The molecule has 1 aliphatic heterocycles. The van der Waals surface area contributed by atoms with E-state index < -0.39 is 23.8 Å². The summed E-state index contributed by atoms with van der Waals surface area (Å²) in [5, 5.41) is 28.2. The molecule has 0 radical (unpaired) electrons. The summed E-state index contributed by atoms with van der Waals surface area (Å²) in [6.07, 6.45) is 2.32. The number of hydrogen-bond acceptors (Lipinski definition) is 7. The van der Waals surface area contributed by atoms with E-state index in [0.717, 1.165) is 21.3 Å². The molecule has 6 aromatic rings. The van der Waals surface area contributed by atoms with Crippen LogP contribution in [0.15, 0.2) is 84.4 Å². The topological polar surface area (TPSA) is 171 Å². The lowest BCUT2D eigenvalue weighted by Gasteiger charge is -2.22. The maximum atomic E-state index is 14.5. The van der Waals surface area contributed by atoms with Crippen LogP contribution >= 0.6 is 11.3 Å². The van der Waals surface area contributed by atoms with Crippen LogP contribution in [0.1, 0.15) is 55.8 Å². The van der Waals surface area contributed by atoms with Crippen molar-refractivity contribution in [3.8, 4) is 38.4 Å². The van der Waals surface area contributed by atoms with Crippen molar-refractivity contribution in [1.82, 2.24) is 15.3 Å². The summed E-state index contributed by atoms with van der Waals surface area (Å²) in [5.41, 5.74) is 5.06. The van der Waals surface area contributed by atoms with Crippen LogP contribution < -0.4 is 15.4 Å². The zero-order chi connectivity index (χ0) is 34.9. The van der Waals surface area contributed by atoms with Crippen molar-refractivity contribution in [1.29, 1.82) is 0 Å². The number of ether oxygens (including phenoxy) is 1. The Morgan fingerprint density at radius 2 is 1.80 bits per heavy atom. The van der Waals surface area contributed by atoms with Gasteiger partial charge in [0.05, 0.1) is 6.42 Å². The third-order valence-corrected chi connectivity index (χ3v) is 9.44. The van der Waals surface area contributed by atoms with Gasteiger partial charge in [-0.15, -0.1) is 11.3 Å². The number of nitrogens with zero attached hydrogens (tertiary/aromatic N) is 1. The second-order valence-corrected chi connectivity index (χ2v) is 12.7. The molecule has 0 spiro atoms. The van der Waals surface area contributed by atoms with Gasteiger partial charge in [0.25, 0.3) is 11.8 Å². The highest BCUT2D eigenvalue weighted by Gasteiger charge is 2.28. The Morgan fingerprint density at radius 3 is 2.60 bits per heavy atom. The van der Waals surface area contributed by atoms with E-state index in [2.05, 4.69) is 20.6 Å². The fourth-order valence-electron chi connectivity index (χ4n) is 6.17. The third-order valence-electron chi connectivity index (χ3n) is 8.45. The van der Waals surface area contributed by atoms with Crippen LogP contribution in [0, 0.1) is 0 Å². The summed E-state index contributed by atoms with van der Waals surface area (Å²) in [6.45, 7) is 2.62. The molecule has 0 bridgehead atoms. The number of anilines is 1. The van der Waals surface area contributed by atoms with E-state index in [1.54, 1.807) is 42.6 Å². The summed E-state index contributed by atoms with van der Waals surface area (Å²) >= 11 is 1.51. The zero-order valence-corrected chi connectivity index (χ0v) is 27.5. The molecular formula is C38H30N4O7S. The number of aromatic nitrogens is 2. The Kier molecular flexibility index (Phi) is 8.60. The van der Waals surface area contributed by atoms with Crippen molar-refractivity contribution in [3.05, 3.63) is 112 Å². The molecule has 12 heteroatoms. The number of aromatic carboxylic acids is 1. The van der Waals surface area contributed by atoms with Gasteiger partial charge in [-0.3, -0.25) is 14.4 Å². The molecule has 0 atom stereocenters. The normalized spacial score (nSPS) is 11.7. The average molecular weight is 687 g/mol. The van der Waals surface area contributed by atoms with Gasteiger partial charge in [0.1, 0.15) is 18.1 Å². The second kappa shape index (κ2) is 13.3. The highest BCUT2D eigenvalue weighted by Crippen LogP contribution is 2.45. The number of H-pyrrole nitrogens is 1. The quantitative estimate of drug-likeness (QED) is 0.100. The molecule has 50 heavy (non-hydrogen) atoms. The number of hydrogen-bond donors (Lipinski definition) is 5. The lowest BCUT2D eigenvalue weighted by Crippen LogP contribution is -2.25. The minimum absolute atomic E-state index is 0.0578. The van der Waals surface area contributed by atoms with E-state index in [1.165, 1.54) is 23.5 Å². The number of carbonyl (C=O) groups excluding carboxylic acids is 2. The Labute approximate surface area is 289 Å². The second-order valence-electron chi connectivity index (χ2n) is 11.8. The van der Waals surface area contributed by atoms with Crippen molar-refractivity contribution in [2.75, 3.05) is 11.9 Å². The molecule has 5 N–H and O–H groups in total. The number of carboxylic acid groups (broad SMARTS) is 2. The number of carboxylic acids is 2. The lowest BCUT2D eigenvalue weighted by atomic mass is 9.92. The molecule has 11 nitrogen and oxygen atoms in total. The first-order valence-corrected chi connectivity index (χ1v) is 16.7. The van der Waals surface area contributed by atoms with Gasteiger partial charge >= 0.3 is 11.9 Å². The fraction of sp³-hybridized carbons (Fsp3) is 0.132. The van der Waals surface area contributed by atoms with Gasteiger partial charge in [0.2, 0.25) is 0 Å². The maximum absolute atomic E-state index is 14.5. The SMILES string of the molecule is CCCNC(=O)c1ccc(-c2cc3c(cc2C(=O)Nc2ccc4[nH]ccc4c2-c2cccc(CC(=O)O)c2)-c2sccc2CO3)c(C(=O)O)n1. The van der Waals surface area contributed by atoms with Crippen LogP contribution in [0.25, 0.3) is 43.6 Å². The minimum Gasteiger partial charge on any atom is -0.488 e. The van der Waals surface area contributed by atoms with Crippen LogP contribution in [0.2, 0.25) is 0 Å².